The summed E-state index contributed by atoms with van der Waals surface area (Å²) in [6.45, 7) is 8.70. The van der Waals surface area contributed by atoms with Crippen molar-refractivity contribution in [2.45, 2.75) is 50.1 Å². The van der Waals surface area contributed by atoms with E-state index < -0.39 is 15.6 Å². The Morgan fingerprint density at radius 3 is 2.55 bits per heavy atom. The molecule has 0 fully saturated rings. The van der Waals surface area contributed by atoms with E-state index in [4.69, 9.17) is 4.74 Å². The standard InChI is InChI=1S/C13H24N2O3S2/c1-10(2)14-8-11-6-7-12(19-11)20(16,17)15-9-13(3,4)18-5/h6-7,10,14-15H,8-9H2,1-5H3. The Hall–Kier alpha value is -0.470. The maximum absolute atomic E-state index is 12.2. The van der Waals surface area contributed by atoms with E-state index in [-0.39, 0.29) is 6.54 Å². The summed E-state index contributed by atoms with van der Waals surface area (Å²) >= 11 is 1.29. The van der Waals surface area contributed by atoms with E-state index in [1.54, 1.807) is 13.2 Å². The molecule has 0 saturated carbocycles. The fourth-order valence-electron chi connectivity index (χ4n) is 1.31. The quantitative estimate of drug-likeness (QED) is 0.768. The summed E-state index contributed by atoms with van der Waals surface area (Å²) in [5.41, 5.74) is -0.521. The van der Waals surface area contributed by atoms with Gasteiger partial charge in [-0.05, 0) is 26.0 Å². The molecule has 7 heteroatoms. The van der Waals surface area contributed by atoms with Gasteiger partial charge in [0.1, 0.15) is 4.21 Å². The van der Waals surface area contributed by atoms with Crippen LogP contribution in [0.4, 0.5) is 0 Å². The number of rotatable bonds is 8. The molecule has 0 saturated heterocycles. The molecule has 0 unspecified atom stereocenters. The van der Waals surface area contributed by atoms with E-state index in [1.807, 2.05) is 19.9 Å². The van der Waals surface area contributed by atoms with Crippen molar-refractivity contribution in [1.29, 1.82) is 0 Å². The summed E-state index contributed by atoms with van der Waals surface area (Å²) in [5, 5.41) is 3.27. The normalized spacial score (nSPS) is 13.1. The van der Waals surface area contributed by atoms with Crippen LogP contribution in [-0.2, 0) is 21.3 Å². The molecule has 1 heterocycles. The lowest BCUT2D eigenvalue weighted by atomic mass is 10.1. The largest absolute Gasteiger partial charge is 0.377 e. The molecule has 0 aromatic carbocycles. The SMILES string of the molecule is COC(C)(C)CNS(=O)(=O)c1ccc(CNC(C)C)s1. The molecule has 0 aliphatic carbocycles. The Balaban J connectivity index is 2.69. The van der Waals surface area contributed by atoms with Crippen molar-refractivity contribution in [2.24, 2.45) is 0 Å². The van der Waals surface area contributed by atoms with Gasteiger partial charge < -0.3 is 10.1 Å². The molecular weight excluding hydrogens is 296 g/mol. The van der Waals surface area contributed by atoms with Gasteiger partial charge in [0, 0.05) is 31.1 Å². The van der Waals surface area contributed by atoms with Crippen LogP contribution in [0, 0.1) is 0 Å². The topological polar surface area (TPSA) is 67.4 Å². The highest BCUT2D eigenvalue weighted by Crippen LogP contribution is 2.22. The minimum atomic E-state index is -3.46. The average Bonchev–Trinajstić information content (AvgIpc) is 2.84. The van der Waals surface area contributed by atoms with Crippen LogP contribution in [0.1, 0.15) is 32.6 Å². The van der Waals surface area contributed by atoms with Crippen LogP contribution in [0.5, 0.6) is 0 Å². The summed E-state index contributed by atoms with van der Waals surface area (Å²) in [6, 6.07) is 3.86. The molecule has 0 atom stereocenters. The van der Waals surface area contributed by atoms with Gasteiger partial charge in [0.15, 0.2) is 0 Å². The van der Waals surface area contributed by atoms with Crippen molar-refractivity contribution in [3.8, 4) is 0 Å². The van der Waals surface area contributed by atoms with E-state index in [1.165, 1.54) is 11.3 Å². The van der Waals surface area contributed by atoms with Crippen molar-refractivity contribution in [3.63, 3.8) is 0 Å². The summed E-state index contributed by atoms with van der Waals surface area (Å²) in [4.78, 5) is 1.00. The summed E-state index contributed by atoms with van der Waals surface area (Å²) < 4.78 is 32.5. The number of ether oxygens (including phenoxy) is 1. The molecule has 1 aromatic heterocycles. The summed E-state index contributed by atoms with van der Waals surface area (Å²) in [7, 11) is -1.90. The lowest BCUT2D eigenvalue weighted by molar-refractivity contribution is 0.0276. The van der Waals surface area contributed by atoms with Gasteiger partial charge in [-0.2, -0.15) is 0 Å². The minimum absolute atomic E-state index is 0.239. The summed E-state index contributed by atoms with van der Waals surface area (Å²) in [5.74, 6) is 0. The van der Waals surface area contributed by atoms with E-state index in [9.17, 15) is 8.42 Å². The average molecular weight is 320 g/mol. The van der Waals surface area contributed by atoms with Crippen molar-refractivity contribution in [1.82, 2.24) is 10.0 Å². The molecule has 0 radical (unpaired) electrons. The number of sulfonamides is 1. The zero-order chi connectivity index (χ0) is 15.4. The smallest absolute Gasteiger partial charge is 0.250 e. The Bertz CT molecular complexity index is 521. The predicted molar refractivity (Wildman–Crippen MR) is 82.6 cm³/mol. The molecule has 0 spiro atoms. The van der Waals surface area contributed by atoms with E-state index in [0.29, 0.717) is 16.8 Å². The van der Waals surface area contributed by atoms with Crippen LogP contribution in [0.3, 0.4) is 0 Å². The third kappa shape index (κ3) is 5.49. The molecule has 116 valence electrons. The zero-order valence-corrected chi connectivity index (χ0v) is 14.3. The van der Waals surface area contributed by atoms with Crippen LogP contribution >= 0.6 is 11.3 Å². The molecule has 0 bridgehead atoms. The first-order valence-corrected chi connectivity index (χ1v) is 8.83. The molecule has 20 heavy (non-hydrogen) atoms. The molecule has 2 N–H and O–H groups in total. The summed E-state index contributed by atoms with van der Waals surface area (Å²) in [6.07, 6.45) is 0. The fraction of sp³-hybridized carbons (Fsp3) is 0.692. The lowest BCUT2D eigenvalue weighted by Crippen LogP contribution is -2.39. The van der Waals surface area contributed by atoms with Gasteiger partial charge >= 0.3 is 0 Å². The van der Waals surface area contributed by atoms with Gasteiger partial charge in [0.25, 0.3) is 0 Å². The van der Waals surface area contributed by atoms with E-state index in [2.05, 4.69) is 23.9 Å². The third-order valence-corrected chi connectivity index (χ3v) is 5.81. The van der Waals surface area contributed by atoms with E-state index >= 15 is 0 Å². The number of thiophene rings is 1. The fourth-order valence-corrected chi connectivity index (χ4v) is 3.86. The Labute approximate surface area is 125 Å². The molecule has 1 rings (SSSR count). The highest BCUT2D eigenvalue weighted by Gasteiger charge is 2.22. The van der Waals surface area contributed by atoms with Crippen molar-refractivity contribution in [2.75, 3.05) is 13.7 Å². The number of hydrogen-bond donors (Lipinski definition) is 2. The number of methoxy groups -OCH3 is 1. The first-order chi connectivity index (χ1) is 9.16. The van der Waals surface area contributed by atoms with Crippen LogP contribution in [0.25, 0.3) is 0 Å². The first kappa shape index (κ1) is 17.6. The number of nitrogens with one attached hydrogen (secondary N) is 2. The van der Waals surface area contributed by atoms with Gasteiger partial charge in [-0.15, -0.1) is 11.3 Å². The second kappa shape index (κ2) is 7.00. The molecular formula is C13H24N2O3S2. The second-order valence-corrected chi connectivity index (χ2v) is 8.71. The lowest BCUT2D eigenvalue weighted by Gasteiger charge is -2.22. The molecule has 1 aromatic rings. The van der Waals surface area contributed by atoms with Crippen molar-refractivity contribution in [3.05, 3.63) is 17.0 Å². The zero-order valence-electron chi connectivity index (χ0n) is 12.7. The molecule has 0 aliphatic heterocycles. The Kier molecular flexibility index (Phi) is 6.15. The van der Waals surface area contributed by atoms with Gasteiger partial charge in [0.05, 0.1) is 5.60 Å². The monoisotopic (exact) mass is 320 g/mol. The third-order valence-electron chi connectivity index (χ3n) is 2.83. The van der Waals surface area contributed by atoms with E-state index in [0.717, 1.165) is 4.88 Å². The van der Waals surface area contributed by atoms with Crippen LogP contribution in [-0.4, -0.2) is 33.7 Å². The van der Waals surface area contributed by atoms with Crippen LogP contribution in [0.15, 0.2) is 16.3 Å². The number of hydrogen-bond acceptors (Lipinski definition) is 5. The van der Waals surface area contributed by atoms with Gasteiger partial charge in [-0.1, -0.05) is 13.8 Å². The Morgan fingerprint density at radius 1 is 1.35 bits per heavy atom. The molecule has 5 nitrogen and oxygen atoms in total. The minimum Gasteiger partial charge on any atom is -0.377 e. The van der Waals surface area contributed by atoms with Gasteiger partial charge in [-0.25, -0.2) is 13.1 Å². The predicted octanol–water partition coefficient (Wildman–Crippen LogP) is 1.95. The highest BCUT2D eigenvalue weighted by atomic mass is 32.2. The van der Waals surface area contributed by atoms with Gasteiger partial charge in [0.2, 0.25) is 10.0 Å². The molecule has 0 aliphatic rings. The first-order valence-electron chi connectivity index (χ1n) is 6.53. The maximum atomic E-state index is 12.2. The highest BCUT2D eigenvalue weighted by molar-refractivity contribution is 7.91. The second-order valence-electron chi connectivity index (χ2n) is 5.54. The Morgan fingerprint density at radius 2 is 2.00 bits per heavy atom. The maximum Gasteiger partial charge on any atom is 0.250 e. The van der Waals surface area contributed by atoms with Crippen molar-refractivity contribution >= 4 is 21.4 Å². The van der Waals surface area contributed by atoms with Gasteiger partial charge in [-0.3, -0.25) is 0 Å². The van der Waals surface area contributed by atoms with Crippen molar-refractivity contribution < 1.29 is 13.2 Å². The van der Waals surface area contributed by atoms with Crippen LogP contribution < -0.4 is 10.0 Å². The van der Waals surface area contributed by atoms with Crippen LogP contribution in [0.2, 0.25) is 0 Å². The molecule has 0 amide bonds.